The van der Waals surface area contributed by atoms with Crippen LogP contribution in [-0.4, -0.2) is 10.1 Å². The molecule has 0 aliphatic heterocycles. The second-order valence-electron chi connectivity index (χ2n) is 2.24. The number of nitrogens with one attached hydrogen (secondary N) is 1. The van der Waals surface area contributed by atoms with E-state index in [1.165, 1.54) is 0 Å². The maximum absolute atomic E-state index is 10.7. The van der Waals surface area contributed by atoms with E-state index in [1.807, 2.05) is 0 Å². The summed E-state index contributed by atoms with van der Waals surface area (Å²) in [5.41, 5.74) is 5.57. The third-order valence-corrected chi connectivity index (χ3v) is 2.33. The fraction of sp³-hybridized carbons (Fsp3) is 0.286. The van der Waals surface area contributed by atoms with E-state index in [1.54, 1.807) is 0 Å². The zero-order valence-electron chi connectivity index (χ0n) is 6.20. The van der Waals surface area contributed by atoms with E-state index in [9.17, 15) is 4.79 Å². The number of nitrogens with two attached hydrogens (primary N) is 1. The summed E-state index contributed by atoms with van der Waals surface area (Å²) in [5, 5.41) is 9.13. The lowest BCUT2D eigenvalue weighted by atomic mass is 10.2. The minimum atomic E-state index is -0.459. The first-order valence-corrected chi connectivity index (χ1v) is 4.07. The zero-order chi connectivity index (χ0) is 9.14. The maximum Gasteiger partial charge on any atom is 0.307 e. The molecule has 1 atom stereocenters. The third-order valence-electron chi connectivity index (χ3n) is 1.33. The number of hydrogen-bond acceptors (Lipinski definition) is 4. The molecule has 0 aromatic carbocycles. The Morgan fingerprint density at radius 1 is 1.83 bits per heavy atom. The topological polar surface area (TPSA) is 79.1 Å². The molecule has 64 valence electrons. The molecule has 1 aromatic heterocycles. The van der Waals surface area contributed by atoms with E-state index in [4.69, 9.17) is 17.3 Å². The minimum Gasteiger partial charge on any atom is -0.494 e. The van der Waals surface area contributed by atoms with E-state index in [0.29, 0.717) is 11.3 Å². The Bertz CT molecular complexity index is 360. The molecule has 1 rings (SSSR count). The molecule has 0 fully saturated rings. The van der Waals surface area contributed by atoms with E-state index in [2.05, 4.69) is 10.9 Å². The van der Waals surface area contributed by atoms with Gasteiger partial charge in [-0.3, -0.25) is 9.78 Å². The van der Waals surface area contributed by atoms with E-state index in [0.717, 1.165) is 11.3 Å². The molecule has 0 radical (unpaired) electrons. The molecule has 12 heavy (non-hydrogen) atoms. The van der Waals surface area contributed by atoms with Gasteiger partial charge in [-0.2, -0.15) is 0 Å². The predicted octanol–water partition coefficient (Wildman–Crippen LogP) is 0.165. The number of aromatic nitrogens is 1. The van der Waals surface area contributed by atoms with Crippen LogP contribution in [0.4, 0.5) is 0 Å². The zero-order valence-corrected chi connectivity index (χ0v) is 7.02. The van der Waals surface area contributed by atoms with Gasteiger partial charge in [-0.1, -0.05) is 11.3 Å². The molecule has 0 bridgehead atoms. The predicted molar refractivity (Wildman–Crippen MR) is 47.0 cm³/mol. The maximum atomic E-state index is 10.7. The fourth-order valence-corrected chi connectivity index (χ4v) is 1.53. The van der Waals surface area contributed by atoms with Crippen LogP contribution in [0.25, 0.3) is 0 Å². The van der Waals surface area contributed by atoms with Gasteiger partial charge >= 0.3 is 4.87 Å². The van der Waals surface area contributed by atoms with Crippen LogP contribution in [0.2, 0.25) is 0 Å². The summed E-state index contributed by atoms with van der Waals surface area (Å²) >= 11 is 0.881. The van der Waals surface area contributed by atoms with Crippen LogP contribution in [0.3, 0.4) is 0 Å². The lowest BCUT2D eigenvalue weighted by Crippen LogP contribution is -2.07. The molecule has 0 saturated heterocycles. The van der Waals surface area contributed by atoms with Crippen LogP contribution in [0.1, 0.15) is 17.3 Å². The highest BCUT2D eigenvalue weighted by Crippen LogP contribution is 2.24. The Labute approximate surface area is 73.0 Å². The van der Waals surface area contributed by atoms with Crippen LogP contribution in [0, 0.1) is 12.3 Å². The number of rotatable bonds is 2. The van der Waals surface area contributed by atoms with Gasteiger partial charge in [-0.25, -0.2) is 0 Å². The summed E-state index contributed by atoms with van der Waals surface area (Å²) in [6.45, 7) is 0. The second kappa shape index (κ2) is 3.43. The van der Waals surface area contributed by atoms with E-state index >= 15 is 0 Å². The molecular weight excluding hydrogens is 176 g/mol. The SMILES string of the molecule is C#CCC(N)c1sc(=O)[nH]c1O. The number of hydrogen-bond donors (Lipinski definition) is 3. The van der Waals surface area contributed by atoms with Gasteiger partial charge in [0.05, 0.1) is 10.9 Å². The monoisotopic (exact) mass is 184 g/mol. The van der Waals surface area contributed by atoms with E-state index < -0.39 is 6.04 Å². The second-order valence-corrected chi connectivity index (χ2v) is 3.26. The molecule has 0 aliphatic rings. The van der Waals surface area contributed by atoms with Crippen molar-refractivity contribution in [2.24, 2.45) is 5.73 Å². The van der Waals surface area contributed by atoms with Gasteiger partial charge < -0.3 is 10.8 Å². The average molecular weight is 184 g/mol. The Morgan fingerprint density at radius 3 is 2.92 bits per heavy atom. The average Bonchev–Trinajstić information content (AvgIpc) is 2.30. The summed E-state index contributed by atoms with van der Waals surface area (Å²) in [6.07, 6.45) is 5.34. The van der Waals surface area contributed by atoms with Crippen molar-refractivity contribution in [1.82, 2.24) is 4.98 Å². The van der Waals surface area contributed by atoms with Crippen LogP contribution >= 0.6 is 11.3 Å². The van der Waals surface area contributed by atoms with Gasteiger partial charge in [-0.05, 0) is 0 Å². The fourth-order valence-electron chi connectivity index (χ4n) is 0.803. The molecule has 4 N–H and O–H groups in total. The summed E-state index contributed by atoms with van der Waals surface area (Å²) < 4.78 is 0. The number of terminal acetylenes is 1. The molecule has 0 saturated carbocycles. The Kier molecular flexibility index (Phi) is 2.53. The molecular formula is C7H8N2O2S. The summed E-state index contributed by atoms with van der Waals surface area (Å²) in [7, 11) is 0. The summed E-state index contributed by atoms with van der Waals surface area (Å²) in [4.78, 5) is 13.0. The van der Waals surface area contributed by atoms with Gasteiger partial charge in [0, 0.05) is 6.42 Å². The Morgan fingerprint density at radius 2 is 2.50 bits per heavy atom. The molecule has 0 amide bonds. The smallest absolute Gasteiger partial charge is 0.307 e. The quantitative estimate of drug-likeness (QED) is 0.573. The van der Waals surface area contributed by atoms with Gasteiger partial charge in [0.25, 0.3) is 0 Å². The normalized spacial score (nSPS) is 12.3. The molecule has 5 heteroatoms. The lowest BCUT2D eigenvalue weighted by molar-refractivity contribution is 0.445. The van der Waals surface area contributed by atoms with Crippen molar-refractivity contribution in [1.29, 1.82) is 0 Å². The highest BCUT2D eigenvalue weighted by Gasteiger charge is 2.13. The van der Waals surface area contributed by atoms with Crippen molar-refractivity contribution >= 4 is 11.3 Å². The molecule has 1 aromatic rings. The highest BCUT2D eigenvalue weighted by atomic mass is 32.1. The highest BCUT2D eigenvalue weighted by molar-refractivity contribution is 7.09. The van der Waals surface area contributed by atoms with Crippen molar-refractivity contribution in [3.63, 3.8) is 0 Å². The minimum absolute atomic E-state index is 0.173. The molecule has 0 aliphatic carbocycles. The number of thiazole rings is 1. The Balaban J connectivity index is 2.95. The first-order valence-electron chi connectivity index (χ1n) is 3.26. The first kappa shape index (κ1) is 8.84. The van der Waals surface area contributed by atoms with Gasteiger partial charge in [0.15, 0.2) is 0 Å². The van der Waals surface area contributed by atoms with Crippen molar-refractivity contribution in [3.05, 3.63) is 14.5 Å². The summed E-state index contributed by atoms with van der Waals surface area (Å²) in [6, 6.07) is -0.459. The van der Waals surface area contributed by atoms with Crippen molar-refractivity contribution in [2.45, 2.75) is 12.5 Å². The van der Waals surface area contributed by atoms with Gasteiger partial charge in [0.1, 0.15) is 0 Å². The van der Waals surface area contributed by atoms with Crippen LogP contribution in [0.15, 0.2) is 4.79 Å². The molecule has 0 spiro atoms. The number of H-pyrrole nitrogens is 1. The van der Waals surface area contributed by atoms with E-state index in [-0.39, 0.29) is 10.8 Å². The van der Waals surface area contributed by atoms with Crippen molar-refractivity contribution in [3.8, 4) is 18.2 Å². The largest absolute Gasteiger partial charge is 0.494 e. The van der Waals surface area contributed by atoms with Crippen molar-refractivity contribution in [2.75, 3.05) is 0 Å². The van der Waals surface area contributed by atoms with Crippen molar-refractivity contribution < 1.29 is 5.11 Å². The molecule has 1 heterocycles. The lowest BCUT2D eigenvalue weighted by Gasteiger charge is -2.03. The van der Waals surface area contributed by atoms with Crippen LogP contribution < -0.4 is 10.6 Å². The first-order chi connectivity index (χ1) is 5.65. The standard InChI is InChI=1S/C7H8N2O2S/c1-2-3-4(8)5-6(10)9-7(11)12-5/h1,4,10H,3,8H2,(H,9,11). The molecule has 1 unspecified atom stereocenters. The van der Waals surface area contributed by atoms with Gasteiger partial charge in [-0.15, -0.1) is 12.3 Å². The van der Waals surface area contributed by atoms with Gasteiger partial charge in [0.2, 0.25) is 5.88 Å². The Hall–Kier alpha value is -1.25. The summed E-state index contributed by atoms with van der Waals surface area (Å²) in [5.74, 6) is 2.18. The number of aromatic amines is 1. The number of aromatic hydroxyl groups is 1. The molecule has 4 nitrogen and oxygen atoms in total. The third kappa shape index (κ3) is 1.67. The van der Waals surface area contributed by atoms with Crippen LogP contribution in [0.5, 0.6) is 5.88 Å². The van der Waals surface area contributed by atoms with Crippen LogP contribution in [-0.2, 0) is 0 Å².